The molecule has 1 aromatic heterocycles. The largest absolute Gasteiger partial charge is 0.383 e. The van der Waals surface area contributed by atoms with E-state index in [1.807, 2.05) is 0 Å². The fourth-order valence-corrected chi connectivity index (χ4v) is 2.16. The highest BCUT2D eigenvalue weighted by atomic mass is 32.1. The number of nitrogens with zero attached hydrogens (tertiary/aromatic N) is 2. The topological polar surface area (TPSA) is 72.5 Å². The molecule has 0 saturated heterocycles. The van der Waals surface area contributed by atoms with Crippen molar-refractivity contribution in [2.75, 3.05) is 20.3 Å². The number of nitrogens with two attached hydrogens (primary N) is 1. The van der Waals surface area contributed by atoms with Crippen molar-refractivity contribution in [1.29, 1.82) is 0 Å². The second kappa shape index (κ2) is 6.70. The molecule has 0 aliphatic heterocycles. The van der Waals surface area contributed by atoms with Gasteiger partial charge in [0.1, 0.15) is 5.01 Å². The van der Waals surface area contributed by atoms with Gasteiger partial charge in [0.2, 0.25) is 0 Å². The zero-order valence-corrected chi connectivity index (χ0v) is 12.3. The zero-order chi connectivity index (χ0) is 13.6. The molecule has 6 heteroatoms. The van der Waals surface area contributed by atoms with Gasteiger partial charge in [-0.1, -0.05) is 20.8 Å². The van der Waals surface area contributed by atoms with Gasteiger partial charge < -0.3 is 15.8 Å². The van der Waals surface area contributed by atoms with Gasteiger partial charge in [-0.05, 0) is 0 Å². The molecule has 5 nitrogen and oxygen atoms in total. The number of rotatable bonds is 5. The first-order valence-electron chi connectivity index (χ1n) is 5.91. The Kier molecular flexibility index (Phi) is 5.55. The molecule has 0 saturated carbocycles. The molecule has 0 fully saturated rings. The van der Waals surface area contributed by atoms with Crippen molar-refractivity contribution >= 4 is 17.3 Å². The highest BCUT2D eigenvalue weighted by Crippen LogP contribution is 2.24. The van der Waals surface area contributed by atoms with Gasteiger partial charge in [0.05, 0.1) is 18.8 Å². The van der Waals surface area contributed by atoms with Crippen molar-refractivity contribution in [2.24, 2.45) is 10.7 Å². The number of hydrogen-bond donors (Lipinski definition) is 2. The molecule has 0 unspecified atom stereocenters. The fourth-order valence-electron chi connectivity index (χ4n) is 1.22. The van der Waals surface area contributed by atoms with Gasteiger partial charge in [-0.2, -0.15) is 0 Å². The van der Waals surface area contributed by atoms with Crippen LogP contribution in [0.1, 0.15) is 31.5 Å². The van der Waals surface area contributed by atoms with Crippen LogP contribution < -0.4 is 11.1 Å². The molecule has 0 amide bonds. The van der Waals surface area contributed by atoms with Crippen molar-refractivity contribution in [3.05, 3.63) is 16.1 Å². The highest BCUT2D eigenvalue weighted by Gasteiger charge is 2.17. The summed E-state index contributed by atoms with van der Waals surface area (Å²) < 4.78 is 4.91. The van der Waals surface area contributed by atoms with E-state index >= 15 is 0 Å². The lowest BCUT2D eigenvalue weighted by molar-refractivity contribution is 0.204. The van der Waals surface area contributed by atoms with Crippen LogP contribution in [0.4, 0.5) is 0 Å². The molecule has 1 rings (SSSR count). The number of guanidine groups is 1. The first-order valence-corrected chi connectivity index (χ1v) is 6.79. The smallest absolute Gasteiger partial charge is 0.189 e. The normalized spacial score (nSPS) is 12.8. The molecule has 0 aromatic carbocycles. The van der Waals surface area contributed by atoms with Crippen LogP contribution in [-0.4, -0.2) is 31.2 Å². The highest BCUT2D eigenvalue weighted by molar-refractivity contribution is 7.09. The summed E-state index contributed by atoms with van der Waals surface area (Å²) in [6.45, 7) is 8.24. The van der Waals surface area contributed by atoms with E-state index in [9.17, 15) is 0 Å². The summed E-state index contributed by atoms with van der Waals surface area (Å²) in [4.78, 5) is 8.79. The first-order chi connectivity index (χ1) is 8.43. The van der Waals surface area contributed by atoms with Crippen LogP contribution in [0.5, 0.6) is 0 Å². The molecular weight excluding hydrogens is 248 g/mol. The molecular formula is C12H22N4OS. The lowest BCUT2D eigenvalue weighted by Gasteiger charge is -2.14. The van der Waals surface area contributed by atoms with Crippen molar-refractivity contribution in [2.45, 2.75) is 32.7 Å². The van der Waals surface area contributed by atoms with Crippen LogP contribution in [0, 0.1) is 0 Å². The molecule has 1 aromatic rings. The third-order valence-corrected chi connectivity index (χ3v) is 3.15. The van der Waals surface area contributed by atoms with E-state index in [1.54, 1.807) is 18.4 Å². The monoisotopic (exact) mass is 270 g/mol. The summed E-state index contributed by atoms with van der Waals surface area (Å²) in [7, 11) is 1.65. The predicted octanol–water partition coefficient (Wildman–Crippen LogP) is 1.49. The third-order valence-electron chi connectivity index (χ3n) is 2.32. The number of thiazole rings is 1. The molecule has 0 aliphatic carbocycles. The predicted molar refractivity (Wildman–Crippen MR) is 76.0 cm³/mol. The van der Waals surface area contributed by atoms with Crippen molar-refractivity contribution < 1.29 is 4.74 Å². The van der Waals surface area contributed by atoms with Gasteiger partial charge >= 0.3 is 0 Å². The van der Waals surface area contributed by atoms with E-state index < -0.39 is 0 Å². The van der Waals surface area contributed by atoms with Crippen LogP contribution in [0.3, 0.4) is 0 Å². The fraction of sp³-hybridized carbons (Fsp3) is 0.667. The van der Waals surface area contributed by atoms with E-state index in [-0.39, 0.29) is 5.41 Å². The number of methoxy groups -OCH3 is 1. The summed E-state index contributed by atoms with van der Waals surface area (Å²) in [6.07, 6.45) is 0. The van der Waals surface area contributed by atoms with Crippen LogP contribution in [0.15, 0.2) is 10.4 Å². The maximum Gasteiger partial charge on any atom is 0.189 e. The van der Waals surface area contributed by atoms with E-state index in [2.05, 4.69) is 41.4 Å². The standard InChI is InChI=1S/C12H22N4OS/c1-12(2,3)9-8-18-10(16-9)7-15-11(13)14-5-6-17-4/h8H,5-7H2,1-4H3,(H3,13,14,15). The summed E-state index contributed by atoms with van der Waals surface area (Å²) in [6, 6.07) is 0. The van der Waals surface area contributed by atoms with Gasteiger partial charge in [0, 0.05) is 24.4 Å². The summed E-state index contributed by atoms with van der Waals surface area (Å²) >= 11 is 1.62. The second-order valence-corrected chi connectivity index (χ2v) is 5.94. The quantitative estimate of drug-likeness (QED) is 0.483. The summed E-state index contributed by atoms with van der Waals surface area (Å²) in [5.41, 5.74) is 6.90. The maximum atomic E-state index is 5.72. The number of ether oxygens (including phenoxy) is 1. The summed E-state index contributed by atoms with van der Waals surface area (Å²) in [5.74, 6) is 0.430. The lowest BCUT2D eigenvalue weighted by Crippen LogP contribution is -2.34. The Hall–Kier alpha value is -1.14. The average Bonchev–Trinajstić information content (AvgIpc) is 2.75. The lowest BCUT2D eigenvalue weighted by atomic mass is 9.93. The maximum absolute atomic E-state index is 5.72. The van der Waals surface area contributed by atoms with Gasteiger partial charge in [-0.3, -0.25) is 0 Å². The molecule has 3 N–H and O–H groups in total. The minimum Gasteiger partial charge on any atom is -0.383 e. The Morgan fingerprint density at radius 1 is 1.56 bits per heavy atom. The van der Waals surface area contributed by atoms with Crippen LogP contribution in [0.2, 0.25) is 0 Å². The minimum absolute atomic E-state index is 0.0841. The molecule has 0 bridgehead atoms. The molecule has 0 spiro atoms. The number of nitrogens with one attached hydrogen (secondary N) is 1. The molecule has 18 heavy (non-hydrogen) atoms. The molecule has 0 radical (unpaired) electrons. The SMILES string of the molecule is COCCNC(N)=NCc1nc(C(C)(C)C)cs1. The zero-order valence-electron chi connectivity index (χ0n) is 11.5. The van der Waals surface area contributed by atoms with Crippen LogP contribution >= 0.6 is 11.3 Å². The number of aliphatic imine (C=N–C) groups is 1. The number of aromatic nitrogens is 1. The Balaban J connectivity index is 2.48. The molecule has 1 heterocycles. The van der Waals surface area contributed by atoms with Crippen molar-refractivity contribution in [3.63, 3.8) is 0 Å². The third kappa shape index (κ3) is 5.01. The van der Waals surface area contributed by atoms with Crippen molar-refractivity contribution in [3.8, 4) is 0 Å². The van der Waals surface area contributed by atoms with E-state index in [4.69, 9.17) is 10.5 Å². The van der Waals surface area contributed by atoms with Crippen molar-refractivity contribution in [1.82, 2.24) is 10.3 Å². The van der Waals surface area contributed by atoms with Gasteiger partial charge in [0.15, 0.2) is 5.96 Å². The second-order valence-electron chi connectivity index (χ2n) is 5.00. The summed E-state index contributed by atoms with van der Waals surface area (Å²) in [5, 5.41) is 6.04. The average molecular weight is 270 g/mol. The first kappa shape index (κ1) is 14.9. The van der Waals surface area contributed by atoms with Gasteiger partial charge in [-0.25, -0.2) is 9.98 Å². The Morgan fingerprint density at radius 3 is 2.83 bits per heavy atom. The van der Waals surface area contributed by atoms with Gasteiger partial charge in [-0.15, -0.1) is 11.3 Å². The molecule has 0 atom stereocenters. The van der Waals surface area contributed by atoms with Crippen LogP contribution in [-0.2, 0) is 16.7 Å². The molecule has 102 valence electrons. The van der Waals surface area contributed by atoms with E-state index in [1.165, 1.54) is 0 Å². The van der Waals surface area contributed by atoms with Crippen LogP contribution in [0.25, 0.3) is 0 Å². The van der Waals surface area contributed by atoms with E-state index in [0.29, 0.717) is 25.7 Å². The molecule has 0 aliphatic rings. The number of hydrogen-bond acceptors (Lipinski definition) is 4. The Bertz CT molecular complexity index is 395. The van der Waals surface area contributed by atoms with Gasteiger partial charge in [0.25, 0.3) is 0 Å². The Labute approximate surface area is 112 Å². The Morgan fingerprint density at radius 2 is 2.28 bits per heavy atom. The van der Waals surface area contributed by atoms with E-state index in [0.717, 1.165) is 10.7 Å². The minimum atomic E-state index is 0.0841.